The first kappa shape index (κ1) is 9.87. The van der Waals surface area contributed by atoms with Gasteiger partial charge in [-0.1, -0.05) is 18.5 Å². The van der Waals surface area contributed by atoms with Gasteiger partial charge in [-0.15, -0.1) is 0 Å². The molecule has 1 aliphatic heterocycles. The van der Waals surface area contributed by atoms with Crippen LogP contribution in [0, 0.1) is 5.92 Å². The summed E-state index contributed by atoms with van der Waals surface area (Å²) in [5.41, 5.74) is 1.29. The molecule has 72 valence electrons. The van der Waals surface area contributed by atoms with Crippen LogP contribution in [0.5, 0.6) is 0 Å². The fourth-order valence-electron chi connectivity index (χ4n) is 1.35. The number of fused-ring (bicyclic) bond motifs is 1. The molecule has 1 aromatic rings. The lowest BCUT2D eigenvalue weighted by Crippen LogP contribution is -2.16. The van der Waals surface area contributed by atoms with Gasteiger partial charge in [-0.25, -0.2) is 0 Å². The Labute approximate surface area is 95.1 Å². The van der Waals surface area contributed by atoms with Gasteiger partial charge in [0.25, 0.3) is 0 Å². The average molecular weight is 273 g/mol. The van der Waals surface area contributed by atoms with Crippen molar-refractivity contribution in [1.82, 2.24) is 0 Å². The highest BCUT2D eigenvalue weighted by atomic mass is 79.9. The SMILES string of the molecule is CC1C=Nc2cc(Cl)c(Br)cc2C1=O. The van der Waals surface area contributed by atoms with Gasteiger partial charge in [-0.05, 0) is 28.1 Å². The number of carbonyl (C=O) groups excluding carboxylic acids is 1. The topological polar surface area (TPSA) is 29.4 Å². The van der Waals surface area contributed by atoms with Crippen LogP contribution in [-0.2, 0) is 0 Å². The molecule has 14 heavy (non-hydrogen) atoms. The van der Waals surface area contributed by atoms with Crippen LogP contribution in [0.3, 0.4) is 0 Å². The van der Waals surface area contributed by atoms with Crippen molar-refractivity contribution in [3.63, 3.8) is 0 Å². The fraction of sp³-hybridized carbons (Fsp3) is 0.200. The van der Waals surface area contributed by atoms with Crippen molar-refractivity contribution in [3.05, 3.63) is 27.2 Å². The van der Waals surface area contributed by atoms with E-state index in [1.807, 2.05) is 6.92 Å². The predicted octanol–water partition coefficient (Wildman–Crippen LogP) is 3.64. The lowest BCUT2D eigenvalue weighted by Gasteiger charge is -2.14. The third kappa shape index (κ3) is 1.51. The summed E-state index contributed by atoms with van der Waals surface area (Å²) in [6, 6.07) is 3.42. The number of hydrogen-bond acceptors (Lipinski definition) is 2. The molecule has 0 saturated carbocycles. The second kappa shape index (κ2) is 3.48. The van der Waals surface area contributed by atoms with Crippen LogP contribution >= 0.6 is 27.5 Å². The van der Waals surface area contributed by atoms with Crippen molar-refractivity contribution in [3.8, 4) is 0 Å². The molecule has 1 aliphatic rings. The van der Waals surface area contributed by atoms with E-state index in [4.69, 9.17) is 11.6 Å². The van der Waals surface area contributed by atoms with Gasteiger partial charge in [0.1, 0.15) is 0 Å². The normalized spacial score (nSPS) is 19.6. The van der Waals surface area contributed by atoms with E-state index in [1.54, 1.807) is 18.3 Å². The molecule has 0 spiro atoms. The van der Waals surface area contributed by atoms with Crippen molar-refractivity contribution in [1.29, 1.82) is 0 Å². The van der Waals surface area contributed by atoms with E-state index in [1.165, 1.54) is 0 Å². The second-order valence-corrected chi connectivity index (χ2v) is 4.48. The number of ketones is 1. The van der Waals surface area contributed by atoms with Gasteiger partial charge in [0, 0.05) is 16.3 Å². The first-order chi connectivity index (χ1) is 6.59. The molecule has 0 N–H and O–H groups in total. The summed E-state index contributed by atoms with van der Waals surface area (Å²) in [6.45, 7) is 1.83. The summed E-state index contributed by atoms with van der Waals surface area (Å²) in [6.07, 6.45) is 1.65. The number of nitrogens with zero attached hydrogens (tertiary/aromatic N) is 1. The maximum Gasteiger partial charge on any atom is 0.173 e. The van der Waals surface area contributed by atoms with Crippen LogP contribution < -0.4 is 0 Å². The minimum atomic E-state index is -0.143. The molecule has 1 heterocycles. The van der Waals surface area contributed by atoms with Crippen LogP contribution in [0.25, 0.3) is 0 Å². The number of rotatable bonds is 0. The number of Topliss-reactive ketones (excluding diaryl/α,β-unsaturated/α-hetero) is 1. The van der Waals surface area contributed by atoms with Gasteiger partial charge in [0.05, 0.1) is 16.6 Å². The lowest BCUT2D eigenvalue weighted by atomic mass is 9.96. The first-order valence-electron chi connectivity index (χ1n) is 4.17. The van der Waals surface area contributed by atoms with Crippen LogP contribution in [0.4, 0.5) is 5.69 Å². The van der Waals surface area contributed by atoms with Crippen LogP contribution in [-0.4, -0.2) is 12.0 Å². The highest BCUT2D eigenvalue weighted by molar-refractivity contribution is 9.10. The predicted molar refractivity (Wildman–Crippen MR) is 60.8 cm³/mol. The Bertz CT molecular complexity index is 442. The largest absolute Gasteiger partial charge is 0.293 e. The van der Waals surface area contributed by atoms with E-state index in [-0.39, 0.29) is 11.7 Å². The molecule has 4 heteroatoms. The van der Waals surface area contributed by atoms with E-state index < -0.39 is 0 Å². The van der Waals surface area contributed by atoms with Crippen molar-refractivity contribution < 1.29 is 4.79 Å². The Hall–Kier alpha value is -0.670. The van der Waals surface area contributed by atoms with Gasteiger partial charge < -0.3 is 0 Å². The minimum absolute atomic E-state index is 0.0902. The number of carbonyl (C=O) groups is 1. The van der Waals surface area contributed by atoms with E-state index in [0.29, 0.717) is 16.3 Å². The summed E-state index contributed by atoms with van der Waals surface area (Å²) < 4.78 is 0.732. The second-order valence-electron chi connectivity index (χ2n) is 3.21. The maximum atomic E-state index is 11.7. The van der Waals surface area contributed by atoms with Crippen molar-refractivity contribution in [2.24, 2.45) is 10.9 Å². The van der Waals surface area contributed by atoms with Crippen LogP contribution in [0.15, 0.2) is 21.6 Å². The fourth-order valence-corrected chi connectivity index (χ4v) is 1.85. The van der Waals surface area contributed by atoms with Gasteiger partial charge >= 0.3 is 0 Å². The van der Waals surface area contributed by atoms with Crippen molar-refractivity contribution in [2.45, 2.75) is 6.92 Å². The standard InChI is InChI=1S/C10H7BrClNO/c1-5-4-13-9-3-8(12)7(11)2-6(9)10(5)14/h2-5H,1H3. The molecule has 0 aromatic heterocycles. The molecule has 0 aliphatic carbocycles. The number of hydrogen-bond donors (Lipinski definition) is 0. The molecule has 1 atom stereocenters. The molecule has 0 bridgehead atoms. The summed E-state index contributed by atoms with van der Waals surface area (Å²) in [5.74, 6) is -0.0528. The Morgan fingerprint density at radius 3 is 2.93 bits per heavy atom. The average Bonchev–Trinajstić information content (AvgIpc) is 2.15. The zero-order chi connectivity index (χ0) is 10.3. The molecule has 2 rings (SSSR count). The highest BCUT2D eigenvalue weighted by Gasteiger charge is 2.21. The van der Waals surface area contributed by atoms with Crippen molar-refractivity contribution in [2.75, 3.05) is 0 Å². The maximum absolute atomic E-state index is 11.7. The number of aliphatic imine (C=N–C) groups is 1. The summed E-state index contributed by atoms with van der Waals surface area (Å²) in [4.78, 5) is 15.9. The van der Waals surface area contributed by atoms with Crippen molar-refractivity contribution >= 4 is 45.2 Å². The van der Waals surface area contributed by atoms with E-state index >= 15 is 0 Å². The third-order valence-corrected chi connectivity index (χ3v) is 3.35. The molecule has 2 nitrogen and oxygen atoms in total. The molecule has 0 saturated heterocycles. The number of halogens is 2. The Balaban J connectivity index is 2.64. The molecule has 1 unspecified atom stereocenters. The summed E-state index contributed by atoms with van der Waals surface area (Å²) in [7, 11) is 0. The van der Waals surface area contributed by atoms with Gasteiger partial charge in [0.2, 0.25) is 0 Å². The van der Waals surface area contributed by atoms with E-state index in [0.717, 1.165) is 4.47 Å². The van der Waals surface area contributed by atoms with E-state index in [9.17, 15) is 4.79 Å². The van der Waals surface area contributed by atoms with Gasteiger partial charge in [-0.2, -0.15) is 0 Å². The van der Waals surface area contributed by atoms with Gasteiger partial charge in [0.15, 0.2) is 5.78 Å². The number of benzene rings is 1. The Morgan fingerprint density at radius 1 is 1.50 bits per heavy atom. The molecule has 1 aromatic carbocycles. The molecule has 0 radical (unpaired) electrons. The zero-order valence-corrected chi connectivity index (χ0v) is 9.76. The zero-order valence-electron chi connectivity index (χ0n) is 7.42. The Kier molecular flexibility index (Phi) is 2.45. The molecule has 0 fully saturated rings. The quantitative estimate of drug-likeness (QED) is 0.709. The monoisotopic (exact) mass is 271 g/mol. The first-order valence-corrected chi connectivity index (χ1v) is 5.34. The van der Waals surface area contributed by atoms with Gasteiger partial charge in [-0.3, -0.25) is 9.79 Å². The summed E-state index contributed by atoms with van der Waals surface area (Å²) >= 11 is 9.18. The minimum Gasteiger partial charge on any atom is -0.293 e. The van der Waals surface area contributed by atoms with Crippen LogP contribution in [0.1, 0.15) is 17.3 Å². The highest BCUT2D eigenvalue weighted by Crippen LogP contribution is 2.34. The lowest BCUT2D eigenvalue weighted by molar-refractivity contribution is 0.0962. The molecule has 0 amide bonds. The van der Waals surface area contributed by atoms with Crippen LogP contribution in [0.2, 0.25) is 5.02 Å². The van der Waals surface area contributed by atoms with E-state index in [2.05, 4.69) is 20.9 Å². The molecular weight excluding hydrogens is 265 g/mol. The Morgan fingerprint density at radius 2 is 2.21 bits per heavy atom. The smallest absolute Gasteiger partial charge is 0.173 e. The third-order valence-electron chi connectivity index (χ3n) is 2.15. The summed E-state index contributed by atoms with van der Waals surface area (Å²) in [5, 5.41) is 0.572. The molecular formula is C10H7BrClNO.